The van der Waals surface area contributed by atoms with E-state index in [0.29, 0.717) is 5.92 Å². The summed E-state index contributed by atoms with van der Waals surface area (Å²) < 4.78 is 38.2. The zero-order valence-corrected chi connectivity index (χ0v) is 15.1. The summed E-state index contributed by atoms with van der Waals surface area (Å²) in [5, 5.41) is 0.804. The van der Waals surface area contributed by atoms with Crippen LogP contribution in [0.1, 0.15) is 24.0 Å². The van der Waals surface area contributed by atoms with E-state index in [4.69, 9.17) is 0 Å². The summed E-state index contributed by atoms with van der Waals surface area (Å²) in [5.41, 5.74) is 0.578. The van der Waals surface area contributed by atoms with Gasteiger partial charge in [0.05, 0.1) is 5.56 Å². The quantitative estimate of drug-likeness (QED) is 0.426. The number of halogens is 3. The van der Waals surface area contributed by atoms with Crippen LogP contribution in [-0.4, -0.2) is 40.3 Å². The molecule has 1 saturated carbocycles. The fraction of sp³-hybridized carbons (Fsp3) is 0.474. The Kier molecular flexibility index (Phi) is 4.69. The van der Waals surface area contributed by atoms with Crippen molar-refractivity contribution in [2.45, 2.75) is 29.6 Å². The molecule has 2 fully saturated rings. The second kappa shape index (κ2) is 6.85. The molecule has 3 nitrogen and oxygen atoms in total. The first-order valence-electron chi connectivity index (χ1n) is 8.77. The monoisotopic (exact) mass is 379 g/mol. The maximum atomic E-state index is 12.7. The first-order chi connectivity index (χ1) is 12.5. The second-order valence-electron chi connectivity index (χ2n) is 7.10. The molecule has 2 atom stereocenters. The SMILES string of the molecule is FC(F)(F)c1ccc([C@]23C[C@H]2CN(CCCSc2ncccn2)C3)cc1. The molecule has 0 radical (unpaired) electrons. The molecule has 1 aromatic heterocycles. The van der Waals surface area contributed by atoms with Gasteiger partial charge >= 0.3 is 6.18 Å². The minimum Gasteiger partial charge on any atom is -0.302 e. The maximum Gasteiger partial charge on any atom is 0.416 e. The number of benzene rings is 1. The Bertz CT molecular complexity index is 751. The standard InChI is InChI=1S/C19H20F3N3S/c20-19(21,22)15-5-3-14(4-6-15)18-11-16(18)12-25(13-18)9-2-10-26-17-23-7-1-8-24-17/h1,3-8,16H,2,9-13H2/t16-,18+/m0/s1. The van der Waals surface area contributed by atoms with Crippen LogP contribution in [0.4, 0.5) is 13.2 Å². The van der Waals surface area contributed by atoms with Crippen molar-refractivity contribution in [3.63, 3.8) is 0 Å². The van der Waals surface area contributed by atoms with Crippen molar-refractivity contribution in [2.75, 3.05) is 25.4 Å². The molecule has 2 heterocycles. The van der Waals surface area contributed by atoms with Gasteiger partial charge in [-0.05, 0) is 49.1 Å². The summed E-state index contributed by atoms with van der Waals surface area (Å²) in [6.07, 6.45) is 1.38. The molecule has 1 aliphatic heterocycles. The maximum absolute atomic E-state index is 12.7. The molecule has 0 bridgehead atoms. The van der Waals surface area contributed by atoms with Gasteiger partial charge in [0.1, 0.15) is 0 Å². The summed E-state index contributed by atoms with van der Waals surface area (Å²) in [5.74, 6) is 1.56. The van der Waals surface area contributed by atoms with E-state index in [1.165, 1.54) is 12.1 Å². The molecular formula is C19H20F3N3S. The van der Waals surface area contributed by atoms with Gasteiger partial charge in [-0.1, -0.05) is 23.9 Å². The van der Waals surface area contributed by atoms with Crippen LogP contribution >= 0.6 is 11.8 Å². The van der Waals surface area contributed by atoms with Crippen molar-refractivity contribution in [3.05, 3.63) is 53.9 Å². The Morgan fingerprint density at radius 3 is 2.58 bits per heavy atom. The molecule has 2 aliphatic rings. The molecule has 4 rings (SSSR count). The lowest BCUT2D eigenvalue weighted by Crippen LogP contribution is -2.28. The molecule has 1 saturated heterocycles. The Morgan fingerprint density at radius 2 is 1.88 bits per heavy atom. The zero-order chi connectivity index (χ0) is 18.2. The van der Waals surface area contributed by atoms with Crippen molar-refractivity contribution in [1.29, 1.82) is 0 Å². The van der Waals surface area contributed by atoms with E-state index in [-0.39, 0.29) is 5.41 Å². The Hall–Kier alpha value is -1.60. The Morgan fingerprint density at radius 1 is 1.15 bits per heavy atom. The number of thioether (sulfide) groups is 1. The fourth-order valence-corrected chi connectivity index (χ4v) is 4.73. The molecule has 7 heteroatoms. The Balaban J connectivity index is 1.28. The van der Waals surface area contributed by atoms with Gasteiger partial charge in [0.2, 0.25) is 0 Å². The summed E-state index contributed by atoms with van der Waals surface area (Å²) in [7, 11) is 0. The van der Waals surface area contributed by atoms with Gasteiger partial charge in [0.25, 0.3) is 0 Å². The molecule has 0 amide bonds. The van der Waals surface area contributed by atoms with Gasteiger partial charge in [-0.2, -0.15) is 13.2 Å². The number of aromatic nitrogens is 2. The molecule has 26 heavy (non-hydrogen) atoms. The van der Waals surface area contributed by atoms with E-state index < -0.39 is 11.7 Å². The number of fused-ring (bicyclic) bond motifs is 1. The highest BCUT2D eigenvalue weighted by Crippen LogP contribution is 2.59. The average Bonchev–Trinajstić information content (AvgIpc) is 3.21. The van der Waals surface area contributed by atoms with E-state index in [2.05, 4.69) is 14.9 Å². The van der Waals surface area contributed by atoms with E-state index >= 15 is 0 Å². The normalized spacial score (nSPS) is 25.3. The highest BCUT2D eigenvalue weighted by Gasteiger charge is 2.60. The lowest BCUT2D eigenvalue weighted by atomic mass is 9.94. The average molecular weight is 379 g/mol. The third-order valence-corrected chi connectivity index (χ3v) is 6.36. The van der Waals surface area contributed by atoms with Gasteiger partial charge in [0.15, 0.2) is 5.16 Å². The van der Waals surface area contributed by atoms with Crippen LogP contribution in [0.25, 0.3) is 0 Å². The van der Waals surface area contributed by atoms with E-state index in [1.807, 2.05) is 0 Å². The number of hydrogen-bond donors (Lipinski definition) is 0. The number of nitrogens with zero attached hydrogens (tertiary/aromatic N) is 3. The molecule has 0 unspecified atom stereocenters. The summed E-state index contributed by atoms with van der Waals surface area (Å²) in [6, 6.07) is 7.60. The summed E-state index contributed by atoms with van der Waals surface area (Å²) in [6.45, 7) is 3.02. The lowest BCUT2D eigenvalue weighted by Gasteiger charge is -2.21. The number of rotatable bonds is 6. The molecule has 1 aliphatic carbocycles. The van der Waals surface area contributed by atoms with Crippen molar-refractivity contribution >= 4 is 11.8 Å². The zero-order valence-electron chi connectivity index (χ0n) is 14.2. The molecule has 0 spiro atoms. The van der Waals surface area contributed by atoms with Crippen LogP contribution in [0.5, 0.6) is 0 Å². The molecule has 138 valence electrons. The van der Waals surface area contributed by atoms with Crippen molar-refractivity contribution in [1.82, 2.24) is 14.9 Å². The summed E-state index contributed by atoms with van der Waals surface area (Å²) >= 11 is 1.66. The highest BCUT2D eigenvalue weighted by molar-refractivity contribution is 7.99. The number of hydrogen-bond acceptors (Lipinski definition) is 4. The van der Waals surface area contributed by atoms with Gasteiger partial charge < -0.3 is 4.90 Å². The predicted molar refractivity (Wildman–Crippen MR) is 95.0 cm³/mol. The molecule has 0 N–H and O–H groups in total. The van der Waals surface area contributed by atoms with Crippen molar-refractivity contribution < 1.29 is 13.2 Å². The summed E-state index contributed by atoms with van der Waals surface area (Å²) in [4.78, 5) is 10.8. The second-order valence-corrected chi connectivity index (χ2v) is 8.16. The number of alkyl halides is 3. The first-order valence-corrected chi connectivity index (χ1v) is 9.76. The van der Waals surface area contributed by atoms with Crippen LogP contribution in [-0.2, 0) is 11.6 Å². The molecule has 2 aromatic rings. The highest BCUT2D eigenvalue weighted by atomic mass is 32.2. The third kappa shape index (κ3) is 3.60. The minimum atomic E-state index is -4.26. The van der Waals surface area contributed by atoms with Gasteiger partial charge in [-0.15, -0.1) is 0 Å². The van der Waals surface area contributed by atoms with E-state index in [9.17, 15) is 13.2 Å². The number of likely N-dealkylation sites (tertiary alicyclic amines) is 1. The number of piperidine rings is 1. The molecular weight excluding hydrogens is 359 g/mol. The first kappa shape index (κ1) is 17.8. The van der Waals surface area contributed by atoms with Crippen LogP contribution in [0.15, 0.2) is 47.9 Å². The topological polar surface area (TPSA) is 29.0 Å². The van der Waals surface area contributed by atoms with E-state index in [1.54, 1.807) is 42.4 Å². The third-order valence-electron chi connectivity index (χ3n) is 5.40. The minimum absolute atomic E-state index is 0.0831. The van der Waals surface area contributed by atoms with Gasteiger partial charge in [0, 0.05) is 36.7 Å². The van der Waals surface area contributed by atoms with Crippen LogP contribution < -0.4 is 0 Å². The Labute approximate surface area is 155 Å². The van der Waals surface area contributed by atoms with Crippen LogP contribution in [0, 0.1) is 5.92 Å². The largest absolute Gasteiger partial charge is 0.416 e. The predicted octanol–water partition coefficient (Wildman–Crippen LogP) is 4.25. The van der Waals surface area contributed by atoms with Gasteiger partial charge in [-0.3, -0.25) is 0 Å². The van der Waals surface area contributed by atoms with Gasteiger partial charge in [-0.25, -0.2) is 9.97 Å². The van der Waals surface area contributed by atoms with Crippen LogP contribution in [0.3, 0.4) is 0 Å². The van der Waals surface area contributed by atoms with Crippen LogP contribution in [0.2, 0.25) is 0 Å². The molecule has 1 aromatic carbocycles. The fourth-order valence-electron chi connectivity index (χ4n) is 4.01. The van der Waals surface area contributed by atoms with Crippen molar-refractivity contribution in [2.24, 2.45) is 5.92 Å². The van der Waals surface area contributed by atoms with E-state index in [0.717, 1.165) is 48.9 Å². The lowest BCUT2D eigenvalue weighted by molar-refractivity contribution is -0.137. The smallest absolute Gasteiger partial charge is 0.302 e. The van der Waals surface area contributed by atoms with Crippen molar-refractivity contribution in [3.8, 4) is 0 Å².